The molecule has 254 valence electrons. The number of anilines is 2. The Balaban J connectivity index is 1.04. The van der Waals surface area contributed by atoms with Gasteiger partial charge >= 0.3 is 0 Å². The molecule has 0 amide bonds. The maximum absolute atomic E-state index is 4.78. The van der Waals surface area contributed by atoms with Crippen LogP contribution in [0.4, 0.5) is 11.4 Å². The molecule has 4 heteroatoms. The van der Waals surface area contributed by atoms with Crippen molar-refractivity contribution in [3.63, 3.8) is 0 Å². The van der Waals surface area contributed by atoms with Crippen molar-refractivity contribution < 1.29 is 0 Å². The van der Waals surface area contributed by atoms with E-state index in [2.05, 4.69) is 162 Å². The Labute approximate surface area is 313 Å². The van der Waals surface area contributed by atoms with Crippen molar-refractivity contribution in [2.75, 3.05) is 4.90 Å². The first kappa shape index (κ1) is 30.6. The first-order valence-corrected chi connectivity index (χ1v) is 18.6. The van der Waals surface area contributed by atoms with Gasteiger partial charge in [-0.3, -0.25) is 9.97 Å². The van der Waals surface area contributed by atoms with E-state index in [1.807, 2.05) is 24.5 Å². The van der Waals surface area contributed by atoms with Gasteiger partial charge in [0.15, 0.2) is 0 Å². The fourth-order valence-corrected chi connectivity index (χ4v) is 8.57. The molecule has 0 saturated heterocycles. The maximum atomic E-state index is 4.78. The Kier molecular flexibility index (Phi) is 6.80. The van der Waals surface area contributed by atoms with E-state index in [-0.39, 0.29) is 0 Å². The highest BCUT2D eigenvalue weighted by Gasteiger charge is 2.21. The fraction of sp³-hybridized carbons (Fsp3) is 0.0400. The molecule has 0 bridgehead atoms. The standard InChI is InChI=1S/C50H34N4/c1-32-8-4-5-27-53(39-21-17-33-13-15-35-9-6-25-51-49(35)43(33)30-39)46-23-19-37(28-42(32)46)38-20-24-48-45(29-38)41-11-2-3-12-47(41)54(48)40-22-18-34-14-16-36-10-7-26-52-50(36)44(34)31-40/h2,4-11,13-31H,1,3,12H2/b8-4-,27-5-. The summed E-state index contributed by atoms with van der Waals surface area (Å²) >= 11 is 0. The summed E-state index contributed by atoms with van der Waals surface area (Å²) in [7, 11) is 0. The van der Waals surface area contributed by atoms with Crippen LogP contribution >= 0.6 is 0 Å². The lowest BCUT2D eigenvalue weighted by Crippen LogP contribution is -2.11. The van der Waals surface area contributed by atoms with Crippen LogP contribution in [0.5, 0.6) is 0 Å². The number of rotatable bonds is 3. The topological polar surface area (TPSA) is 34.0 Å². The van der Waals surface area contributed by atoms with Gasteiger partial charge in [0.05, 0.1) is 22.2 Å². The highest BCUT2D eigenvalue weighted by atomic mass is 15.1. The lowest BCUT2D eigenvalue weighted by atomic mass is 9.94. The van der Waals surface area contributed by atoms with E-state index in [1.54, 1.807) is 0 Å². The molecule has 0 unspecified atom stereocenters. The number of fused-ring (bicyclic) bond motifs is 10. The first-order valence-electron chi connectivity index (χ1n) is 18.6. The second kappa shape index (κ2) is 12.0. The average molecular weight is 691 g/mol. The molecule has 4 nitrogen and oxygen atoms in total. The first-order chi connectivity index (χ1) is 26.7. The van der Waals surface area contributed by atoms with Crippen LogP contribution in [0.3, 0.4) is 0 Å². The number of hydrogen-bond donors (Lipinski definition) is 0. The van der Waals surface area contributed by atoms with Crippen molar-refractivity contribution in [1.82, 2.24) is 14.5 Å². The third-order valence-corrected chi connectivity index (χ3v) is 11.2. The molecule has 1 aliphatic carbocycles. The second-order valence-electron chi connectivity index (χ2n) is 14.3. The molecular weight excluding hydrogens is 657 g/mol. The minimum Gasteiger partial charge on any atom is -0.317 e. The Hall–Kier alpha value is -7.04. The molecule has 0 N–H and O–H groups in total. The maximum Gasteiger partial charge on any atom is 0.0781 e. The van der Waals surface area contributed by atoms with Crippen LogP contribution in [-0.2, 0) is 6.42 Å². The van der Waals surface area contributed by atoms with E-state index in [0.29, 0.717) is 0 Å². The molecule has 3 aromatic heterocycles. The summed E-state index contributed by atoms with van der Waals surface area (Å²) in [5, 5.41) is 8.25. The zero-order valence-electron chi connectivity index (χ0n) is 29.6. The summed E-state index contributed by atoms with van der Waals surface area (Å²) in [6, 6.07) is 44.1. The van der Waals surface area contributed by atoms with E-state index in [9.17, 15) is 0 Å². The highest BCUT2D eigenvalue weighted by Crippen LogP contribution is 2.41. The summed E-state index contributed by atoms with van der Waals surface area (Å²) in [6.07, 6.45) is 18.8. The van der Waals surface area contributed by atoms with E-state index in [1.165, 1.54) is 49.6 Å². The molecule has 0 spiro atoms. The number of aromatic nitrogens is 3. The van der Waals surface area contributed by atoms with Gasteiger partial charge in [-0.2, -0.15) is 0 Å². The number of allylic oxidation sites excluding steroid dienone is 5. The van der Waals surface area contributed by atoms with Crippen LogP contribution in [0.2, 0.25) is 0 Å². The van der Waals surface area contributed by atoms with Gasteiger partial charge in [-0.15, -0.1) is 0 Å². The molecule has 6 aromatic carbocycles. The van der Waals surface area contributed by atoms with Crippen molar-refractivity contribution in [1.29, 1.82) is 0 Å². The van der Waals surface area contributed by atoms with Crippen LogP contribution < -0.4 is 4.90 Å². The summed E-state index contributed by atoms with van der Waals surface area (Å²) < 4.78 is 2.47. The lowest BCUT2D eigenvalue weighted by Gasteiger charge is -2.26. The number of hydrogen-bond acceptors (Lipinski definition) is 3. The minimum absolute atomic E-state index is 0.972. The molecule has 11 rings (SSSR count). The van der Waals surface area contributed by atoms with Gasteiger partial charge in [-0.05, 0) is 107 Å². The van der Waals surface area contributed by atoms with Crippen molar-refractivity contribution in [2.24, 2.45) is 0 Å². The van der Waals surface area contributed by atoms with Gasteiger partial charge in [-0.1, -0.05) is 91.5 Å². The SMILES string of the molecule is C=C1/C=C\C=C/N(c2ccc3ccc4cccnc4c3c2)c2ccc(-c3ccc4c(c3)c3c(n4-c4ccc5ccc6cccnc6c5c4)CCC=C3)cc21. The van der Waals surface area contributed by atoms with Gasteiger partial charge in [0.1, 0.15) is 0 Å². The molecule has 2 aliphatic rings. The number of pyridine rings is 2. The van der Waals surface area contributed by atoms with E-state index < -0.39 is 0 Å². The molecule has 4 heterocycles. The average Bonchev–Trinajstić information content (AvgIpc) is 3.56. The highest BCUT2D eigenvalue weighted by molar-refractivity contribution is 6.08. The Morgan fingerprint density at radius 3 is 2.02 bits per heavy atom. The molecule has 1 aliphatic heterocycles. The third kappa shape index (κ3) is 4.77. The van der Waals surface area contributed by atoms with Gasteiger partial charge in [0.2, 0.25) is 0 Å². The molecule has 0 radical (unpaired) electrons. The predicted molar refractivity (Wildman–Crippen MR) is 228 cm³/mol. The van der Waals surface area contributed by atoms with Gasteiger partial charge in [0.25, 0.3) is 0 Å². The zero-order chi connectivity index (χ0) is 35.8. The van der Waals surface area contributed by atoms with E-state index in [4.69, 9.17) is 9.97 Å². The second-order valence-corrected chi connectivity index (χ2v) is 14.3. The predicted octanol–water partition coefficient (Wildman–Crippen LogP) is 12.9. The Morgan fingerprint density at radius 1 is 0.574 bits per heavy atom. The molecular formula is C50H34N4. The summed E-state index contributed by atoms with van der Waals surface area (Å²) in [6.45, 7) is 4.52. The summed E-state index contributed by atoms with van der Waals surface area (Å²) in [4.78, 5) is 11.8. The van der Waals surface area contributed by atoms with Crippen LogP contribution in [0, 0.1) is 0 Å². The van der Waals surface area contributed by atoms with Crippen LogP contribution in [0.15, 0.2) is 171 Å². The van der Waals surface area contributed by atoms with Crippen molar-refractivity contribution in [3.8, 4) is 16.8 Å². The van der Waals surface area contributed by atoms with Crippen LogP contribution in [0.25, 0.3) is 82.7 Å². The monoisotopic (exact) mass is 690 g/mol. The molecule has 54 heavy (non-hydrogen) atoms. The molecule has 9 aromatic rings. The third-order valence-electron chi connectivity index (χ3n) is 11.2. The minimum atomic E-state index is 0.972. The summed E-state index contributed by atoms with van der Waals surface area (Å²) in [5.41, 5.74) is 13.7. The van der Waals surface area contributed by atoms with Gasteiger partial charge in [-0.25, -0.2) is 0 Å². The Bertz CT molecular complexity index is 3140. The van der Waals surface area contributed by atoms with Crippen LogP contribution in [0.1, 0.15) is 23.2 Å². The molecule has 0 atom stereocenters. The fourth-order valence-electron chi connectivity index (χ4n) is 8.57. The normalized spacial score (nSPS) is 15.1. The molecule has 0 saturated carbocycles. The Morgan fingerprint density at radius 2 is 1.24 bits per heavy atom. The number of benzene rings is 6. The van der Waals surface area contributed by atoms with Gasteiger partial charge < -0.3 is 9.47 Å². The van der Waals surface area contributed by atoms with Crippen molar-refractivity contribution in [3.05, 3.63) is 188 Å². The van der Waals surface area contributed by atoms with E-state index >= 15 is 0 Å². The van der Waals surface area contributed by atoms with E-state index in [0.717, 1.165) is 68.1 Å². The zero-order valence-corrected chi connectivity index (χ0v) is 29.6. The molecule has 0 fully saturated rings. The van der Waals surface area contributed by atoms with Crippen molar-refractivity contribution in [2.45, 2.75) is 12.8 Å². The lowest BCUT2D eigenvalue weighted by molar-refractivity contribution is 0.889. The summed E-state index contributed by atoms with van der Waals surface area (Å²) in [5.74, 6) is 0. The van der Waals surface area contributed by atoms with Gasteiger partial charge in [0, 0.05) is 73.7 Å². The smallest absolute Gasteiger partial charge is 0.0781 e. The quantitative estimate of drug-likeness (QED) is 0.173. The largest absolute Gasteiger partial charge is 0.317 e. The van der Waals surface area contributed by atoms with Crippen molar-refractivity contribution >= 4 is 77.3 Å². The number of nitrogens with zero attached hydrogens (tertiary/aromatic N) is 4. The van der Waals surface area contributed by atoms with Crippen LogP contribution in [-0.4, -0.2) is 14.5 Å².